The maximum atomic E-state index is 12.3. The SMILES string of the molecule is O=[N+]([O-])[C@]1(c2ccccc2)COCN1c1cccc(C2=N[C@H](c3ccccc3)CO2)c1. The number of ether oxygens (including phenoxy) is 2. The molecule has 5 rings (SSSR count). The molecule has 1 fully saturated rings. The predicted molar refractivity (Wildman–Crippen MR) is 117 cm³/mol. The van der Waals surface area contributed by atoms with Crippen molar-refractivity contribution in [2.45, 2.75) is 11.7 Å². The lowest BCUT2D eigenvalue weighted by molar-refractivity contribution is -0.575. The van der Waals surface area contributed by atoms with Crippen LogP contribution in [0.3, 0.4) is 0 Å². The fourth-order valence-corrected chi connectivity index (χ4v) is 4.14. The fraction of sp³-hybridized carbons (Fsp3) is 0.208. The average molecular weight is 415 g/mol. The Balaban J connectivity index is 1.50. The minimum absolute atomic E-state index is 0.0260. The lowest BCUT2D eigenvalue weighted by Crippen LogP contribution is -2.50. The van der Waals surface area contributed by atoms with Crippen molar-refractivity contribution in [3.8, 4) is 0 Å². The first kappa shape index (κ1) is 19.3. The van der Waals surface area contributed by atoms with Crippen molar-refractivity contribution < 1.29 is 14.4 Å². The van der Waals surface area contributed by atoms with Crippen molar-refractivity contribution in [2.75, 3.05) is 24.8 Å². The quantitative estimate of drug-likeness (QED) is 0.463. The third-order valence-electron chi connectivity index (χ3n) is 5.75. The van der Waals surface area contributed by atoms with Crippen LogP contribution in [-0.2, 0) is 15.1 Å². The van der Waals surface area contributed by atoms with E-state index in [9.17, 15) is 10.1 Å². The van der Waals surface area contributed by atoms with Gasteiger partial charge < -0.3 is 9.47 Å². The molecule has 1 saturated heterocycles. The van der Waals surface area contributed by atoms with E-state index in [1.165, 1.54) is 0 Å². The second-order valence-corrected chi connectivity index (χ2v) is 7.57. The minimum atomic E-state index is -1.48. The maximum absolute atomic E-state index is 12.3. The molecule has 3 aromatic carbocycles. The van der Waals surface area contributed by atoms with E-state index in [0.29, 0.717) is 23.8 Å². The number of nitrogens with zero attached hydrogens (tertiary/aromatic N) is 3. The first-order valence-corrected chi connectivity index (χ1v) is 10.1. The molecule has 0 unspecified atom stereocenters. The van der Waals surface area contributed by atoms with Crippen molar-refractivity contribution >= 4 is 11.6 Å². The number of nitro groups is 1. The van der Waals surface area contributed by atoms with Gasteiger partial charge in [-0.15, -0.1) is 0 Å². The molecule has 0 saturated carbocycles. The zero-order chi connectivity index (χ0) is 21.3. The molecule has 2 aliphatic rings. The summed E-state index contributed by atoms with van der Waals surface area (Å²) in [4.78, 5) is 18.4. The molecule has 0 aromatic heterocycles. The van der Waals surface area contributed by atoms with Gasteiger partial charge in [-0.25, -0.2) is 4.99 Å². The molecule has 0 aliphatic carbocycles. The van der Waals surface area contributed by atoms with Gasteiger partial charge in [0.25, 0.3) is 0 Å². The molecule has 156 valence electrons. The third kappa shape index (κ3) is 3.33. The number of rotatable bonds is 5. The summed E-state index contributed by atoms with van der Waals surface area (Å²) in [6, 6.07) is 26.4. The number of benzene rings is 3. The molecule has 0 spiro atoms. The highest BCUT2D eigenvalue weighted by Gasteiger charge is 2.55. The standard InChI is InChI=1S/C24H21N3O4/c28-27(29)24(20-11-5-2-6-12-20)16-30-17-26(24)21-13-7-10-19(14-21)23-25-22(15-31-23)18-8-3-1-4-9-18/h1-14,22H,15-17H2/t22-,24-/m0/s1. The van der Waals surface area contributed by atoms with Crippen LogP contribution in [0.2, 0.25) is 0 Å². The summed E-state index contributed by atoms with van der Waals surface area (Å²) in [5.74, 6) is 0.544. The maximum Gasteiger partial charge on any atom is 0.347 e. The predicted octanol–water partition coefficient (Wildman–Crippen LogP) is 4.13. The topological polar surface area (TPSA) is 77.2 Å². The Bertz CT molecular complexity index is 1120. The van der Waals surface area contributed by atoms with Gasteiger partial charge in [-0.1, -0.05) is 54.6 Å². The van der Waals surface area contributed by atoms with Crippen molar-refractivity contribution in [3.05, 3.63) is 112 Å². The van der Waals surface area contributed by atoms with Crippen LogP contribution in [0, 0.1) is 10.1 Å². The van der Waals surface area contributed by atoms with E-state index in [2.05, 4.69) is 0 Å². The second-order valence-electron chi connectivity index (χ2n) is 7.57. The van der Waals surface area contributed by atoms with Crippen LogP contribution in [-0.4, -0.2) is 30.8 Å². The van der Waals surface area contributed by atoms with Crippen LogP contribution >= 0.6 is 0 Å². The molecule has 0 amide bonds. The van der Waals surface area contributed by atoms with Crippen molar-refractivity contribution in [3.63, 3.8) is 0 Å². The highest BCUT2D eigenvalue weighted by atomic mass is 16.6. The summed E-state index contributed by atoms with van der Waals surface area (Å²) in [6.07, 6.45) is 0. The summed E-state index contributed by atoms with van der Waals surface area (Å²) in [6.45, 7) is 0.570. The molecule has 0 N–H and O–H groups in total. The molecule has 0 radical (unpaired) electrons. The molecule has 2 atom stereocenters. The molecule has 0 bridgehead atoms. The molecule has 7 heteroatoms. The van der Waals surface area contributed by atoms with Crippen LogP contribution in [0.15, 0.2) is 89.9 Å². The van der Waals surface area contributed by atoms with Crippen LogP contribution in [0.4, 0.5) is 5.69 Å². The monoisotopic (exact) mass is 415 g/mol. The van der Waals surface area contributed by atoms with E-state index in [-0.39, 0.29) is 24.3 Å². The normalized spacial score (nSPS) is 22.8. The van der Waals surface area contributed by atoms with Crippen LogP contribution in [0.1, 0.15) is 22.7 Å². The van der Waals surface area contributed by atoms with E-state index in [1.54, 1.807) is 29.2 Å². The van der Waals surface area contributed by atoms with Gasteiger partial charge in [0.1, 0.15) is 26.0 Å². The Labute approximate surface area is 179 Å². The highest BCUT2D eigenvalue weighted by Crippen LogP contribution is 2.38. The Morgan fingerprint density at radius 3 is 2.48 bits per heavy atom. The summed E-state index contributed by atoms with van der Waals surface area (Å²) in [5.41, 5.74) is 1.67. The van der Waals surface area contributed by atoms with Gasteiger partial charge in [0.05, 0.1) is 10.5 Å². The Morgan fingerprint density at radius 2 is 1.74 bits per heavy atom. The minimum Gasteiger partial charge on any atom is -0.475 e. The molecular weight excluding hydrogens is 394 g/mol. The lowest BCUT2D eigenvalue weighted by atomic mass is 9.99. The molecule has 3 aromatic rings. The van der Waals surface area contributed by atoms with Gasteiger partial charge in [0.2, 0.25) is 5.90 Å². The first-order chi connectivity index (χ1) is 15.2. The van der Waals surface area contributed by atoms with Gasteiger partial charge >= 0.3 is 5.66 Å². The van der Waals surface area contributed by atoms with E-state index in [1.807, 2.05) is 60.7 Å². The zero-order valence-corrected chi connectivity index (χ0v) is 16.8. The van der Waals surface area contributed by atoms with Crippen LogP contribution < -0.4 is 4.90 Å². The van der Waals surface area contributed by atoms with E-state index >= 15 is 0 Å². The number of aliphatic imine (C=N–C) groups is 1. The Kier molecular flexibility index (Phi) is 4.88. The number of anilines is 1. The molecule has 7 nitrogen and oxygen atoms in total. The van der Waals surface area contributed by atoms with Crippen molar-refractivity contribution in [2.24, 2.45) is 4.99 Å². The molecule has 2 heterocycles. The van der Waals surface area contributed by atoms with Crippen LogP contribution in [0.25, 0.3) is 0 Å². The summed E-state index contributed by atoms with van der Waals surface area (Å²) >= 11 is 0. The van der Waals surface area contributed by atoms with E-state index in [0.717, 1.165) is 11.1 Å². The number of hydrogen-bond acceptors (Lipinski definition) is 6. The summed E-state index contributed by atoms with van der Waals surface area (Å²) in [7, 11) is 0. The van der Waals surface area contributed by atoms with Gasteiger partial charge in [0, 0.05) is 11.3 Å². The van der Waals surface area contributed by atoms with Crippen LogP contribution in [0.5, 0.6) is 0 Å². The zero-order valence-electron chi connectivity index (χ0n) is 16.8. The lowest BCUT2D eigenvalue weighted by Gasteiger charge is -2.30. The fourth-order valence-electron chi connectivity index (χ4n) is 4.14. The van der Waals surface area contributed by atoms with Gasteiger partial charge in [-0.3, -0.25) is 15.0 Å². The second kappa shape index (κ2) is 7.85. The van der Waals surface area contributed by atoms with E-state index in [4.69, 9.17) is 14.5 Å². The number of hydrogen-bond donors (Lipinski definition) is 0. The highest BCUT2D eigenvalue weighted by molar-refractivity contribution is 5.96. The molecular formula is C24H21N3O4. The first-order valence-electron chi connectivity index (χ1n) is 10.1. The largest absolute Gasteiger partial charge is 0.475 e. The smallest absolute Gasteiger partial charge is 0.347 e. The van der Waals surface area contributed by atoms with Crippen molar-refractivity contribution in [1.82, 2.24) is 0 Å². The summed E-state index contributed by atoms with van der Waals surface area (Å²) < 4.78 is 11.5. The van der Waals surface area contributed by atoms with Crippen molar-refractivity contribution in [1.29, 1.82) is 0 Å². The van der Waals surface area contributed by atoms with E-state index < -0.39 is 5.66 Å². The van der Waals surface area contributed by atoms with Gasteiger partial charge in [0.15, 0.2) is 0 Å². The average Bonchev–Trinajstić information content (AvgIpc) is 3.49. The van der Waals surface area contributed by atoms with Gasteiger partial charge in [-0.05, 0) is 35.9 Å². The third-order valence-corrected chi connectivity index (χ3v) is 5.75. The Hall–Kier alpha value is -3.71. The van der Waals surface area contributed by atoms with Gasteiger partial charge in [-0.2, -0.15) is 0 Å². The summed E-state index contributed by atoms with van der Waals surface area (Å²) in [5, 5.41) is 12.3. The Morgan fingerprint density at radius 1 is 1.00 bits per heavy atom. The molecule has 2 aliphatic heterocycles. The molecule has 31 heavy (non-hydrogen) atoms.